The number of nitrogens with zero attached hydrogens (tertiary/aromatic N) is 2. The summed E-state index contributed by atoms with van der Waals surface area (Å²) in [5, 5.41) is 0. The number of rotatable bonds is 4. The molecule has 2 heterocycles. The third kappa shape index (κ3) is 5.33. The van der Waals surface area contributed by atoms with Crippen molar-refractivity contribution in [3.05, 3.63) is 78.1 Å². The standard InChI is InChI=1S/C23H19F3N2O3/c24-23(25,26)31-20-7-4-16(5-8-20)17-6-9-21-18(13-17)15-28(11-12-30-21)22(29)14-19-3-1-2-10-27-19/h1-10,13H,11-12,14-15H2. The molecule has 8 heteroatoms. The number of carbonyl (C=O) groups excluding carboxylic acids is 1. The molecule has 0 radical (unpaired) electrons. The van der Waals surface area contributed by atoms with Crippen LogP contribution >= 0.6 is 0 Å². The first kappa shape index (κ1) is 20.7. The van der Waals surface area contributed by atoms with Crippen LogP contribution in [-0.2, 0) is 17.8 Å². The number of fused-ring (bicyclic) bond motifs is 1. The van der Waals surface area contributed by atoms with E-state index in [1.54, 1.807) is 29.3 Å². The van der Waals surface area contributed by atoms with Crippen LogP contribution in [0.5, 0.6) is 11.5 Å². The fraction of sp³-hybridized carbons (Fsp3) is 0.217. The Labute approximate surface area is 177 Å². The van der Waals surface area contributed by atoms with E-state index in [2.05, 4.69) is 9.72 Å². The van der Waals surface area contributed by atoms with Gasteiger partial charge in [-0.3, -0.25) is 9.78 Å². The van der Waals surface area contributed by atoms with Crippen LogP contribution in [0.2, 0.25) is 0 Å². The van der Waals surface area contributed by atoms with Gasteiger partial charge >= 0.3 is 6.36 Å². The molecule has 0 aliphatic carbocycles. The molecular formula is C23H19F3N2O3. The van der Waals surface area contributed by atoms with Gasteiger partial charge in [-0.15, -0.1) is 13.2 Å². The maximum absolute atomic E-state index is 12.8. The average molecular weight is 428 g/mol. The minimum atomic E-state index is -4.73. The van der Waals surface area contributed by atoms with Gasteiger partial charge in [0.1, 0.15) is 18.1 Å². The van der Waals surface area contributed by atoms with Gasteiger partial charge in [-0.25, -0.2) is 0 Å². The van der Waals surface area contributed by atoms with Crippen LogP contribution in [0.15, 0.2) is 66.9 Å². The number of pyridine rings is 1. The van der Waals surface area contributed by atoms with Crippen LogP contribution in [0.4, 0.5) is 13.2 Å². The summed E-state index contributed by atoms with van der Waals surface area (Å²) in [6.07, 6.45) is -2.87. The van der Waals surface area contributed by atoms with Crippen molar-refractivity contribution in [2.24, 2.45) is 0 Å². The maximum atomic E-state index is 12.8. The van der Waals surface area contributed by atoms with Crippen molar-refractivity contribution in [1.82, 2.24) is 9.88 Å². The highest BCUT2D eigenvalue weighted by molar-refractivity contribution is 5.78. The minimum Gasteiger partial charge on any atom is -0.491 e. The first-order valence-electron chi connectivity index (χ1n) is 9.67. The van der Waals surface area contributed by atoms with Crippen LogP contribution in [0.25, 0.3) is 11.1 Å². The summed E-state index contributed by atoms with van der Waals surface area (Å²) in [6.45, 7) is 1.22. The predicted molar refractivity (Wildman–Crippen MR) is 107 cm³/mol. The number of carbonyl (C=O) groups is 1. The van der Waals surface area contributed by atoms with Crippen molar-refractivity contribution >= 4 is 5.91 Å². The number of benzene rings is 2. The smallest absolute Gasteiger partial charge is 0.491 e. The summed E-state index contributed by atoms with van der Waals surface area (Å²) in [6, 6.07) is 16.7. The summed E-state index contributed by atoms with van der Waals surface area (Å²) in [7, 11) is 0. The monoisotopic (exact) mass is 428 g/mol. The molecule has 0 N–H and O–H groups in total. The molecule has 160 valence electrons. The highest BCUT2D eigenvalue weighted by atomic mass is 19.4. The zero-order valence-corrected chi connectivity index (χ0v) is 16.4. The Morgan fingerprint density at radius 2 is 1.84 bits per heavy atom. The minimum absolute atomic E-state index is 0.0470. The van der Waals surface area contributed by atoms with Crippen LogP contribution in [0.3, 0.4) is 0 Å². The maximum Gasteiger partial charge on any atom is 0.573 e. The number of aromatic nitrogens is 1. The number of hydrogen-bond donors (Lipinski definition) is 0. The molecule has 0 atom stereocenters. The van der Waals surface area contributed by atoms with E-state index >= 15 is 0 Å². The zero-order chi connectivity index (χ0) is 21.8. The van der Waals surface area contributed by atoms with E-state index in [1.807, 2.05) is 30.3 Å². The van der Waals surface area contributed by atoms with E-state index in [0.717, 1.165) is 16.7 Å². The predicted octanol–water partition coefficient (Wildman–Crippen LogP) is 4.61. The number of ether oxygens (including phenoxy) is 2. The van der Waals surface area contributed by atoms with Crippen molar-refractivity contribution in [2.45, 2.75) is 19.3 Å². The third-order valence-electron chi connectivity index (χ3n) is 4.87. The summed E-state index contributed by atoms with van der Waals surface area (Å²) < 4.78 is 46.8. The lowest BCUT2D eigenvalue weighted by molar-refractivity contribution is -0.274. The fourth-order valence-electron chi connectivity index (χ4n) is 3.41. The Bertz CT molecular complexity index is 1050. The molecule has 1 aromatic heterocycles. The molecule has 5 nitrogen and oxygen atoms in total. The molecule has 0 unspecified atom stereocenters. The van der Waals surface area contributed by atoms with Crippen molar-refractivity contribution in [3.8, 4) is 22.6 Å². The van der Waals surface area contributed by atoms with Crippen molar-refractivity contribution in [3.63, 3.8) is 0 Å². The quantitative estimate of drug-likeness (QED) is 0.609. The van der Waals surface area contributed by atoms with E-state index in [-0.39, 0.29) is 18.1 Å². The lowest BCUT2D eigenvalue weighted by Gasteiger charge is -2.20. The van der Waals surface area contributed by atoms with Gasteiger partial charge in [-0.2, -0.15) is 0 Å². The highest BCUT2D eigenvalue weighted by Gasteiger charge is 2.31. The van der Waals surface area contributed by atoms with E-state index in [4.69, 9.17) is 4.74 Å². The van der Waals surface area contributed by atoms with Crippen molar-refractivity contribution in [1.29, 1.82) is 0 Å². The van der Waals surface area contributed by atoms with E-state index in [1.165, 1.54) is 12.1 Å². The van der Waals surface area contributed by atoms with Gasteiger partial charge in [0.05, 0.1) is 13.0 Å². The Hall–Kier alpha value is -3.55. The molecule has 1 amide bonds. The van der Waals surface area contributed by atoms with Gasteiger partial charge in [0.15, 0.2) is 0 Å². The highest BCUT2D eigenvalue weighted by Crippen LogP contribution is 2.31. The molecule has 0 saturated heterocycles. The number of amides is 1. The zero-order valence-electron chi connectivity index (χ0n) is 16.4. The first-order chi connectivity index (χ1) is 14.9. The molecule has 0 bridgehead atoms. The second kappa shape index (κ2) is 8.67. The normalized spacial score (nSPS) is 13.7. The van der Waals surface area contributed by atoms with Gasteiger partial charge in [0.2, 0.25) is 5.91 Å². The molecule has 3 aromatic rings. The number of halogens is 3. The largest absolute Gasteiger partial charge is 0.573 e. The molecule has 4 rings (SSSR count). The second-order valence-electron chi connectivity index (χ2n) is 7.06. The summed E-state index contributed by atoms with van der Waals surface area (Å²) >= 11 is 0. The molecule has 0 saturated carbocycles. The van der Waals surface area contributed by atoms with Crippen LogP contribution < -0.4 is 9.47 Å². The van der Waals surface area contributed by atoms with Gasteiger partial charge in [-0.05, 0) is 47.5 Å². The Kier molecular flexibility index (Phi) is 5.79. The van der Waals surface area contributed by atoms with Crippen molar-refractivity contribution in [2.75, 3.05) is 13.2 Å². The number of alkyl halides is 3. The summed E-state index contributed by atoms with van der Waals surface area (Å²) in [5.41, 5.74) is 3.07. The van der Waals surface area contributed by atoms with Gasteiger partial charge < -0.3 is 14.4 Å². The van der Waals surface area contributed by atoms with Crippen LogP contribution in [0.1, 0.15) is 11.3 Å². The van der Waals surface area contributed by atoms with E-state index in [0.29, 0.717) is 31.1 Å². The fourth-order valence-corrected chi connectivity index (χ4v) is 3.41. The Morgan fingerprint density at radius 3 is 2.55 bits per heavy atom. The SMILES string of the molecule is O=C(Cc1ccccn1)N1CCOc2ccc(-c3ccc(OC(F)(F)F)cc3)cc2C1. The molecule has 1 aliphatic heterocycles. The van der Waals surface area contributed by atoms with Crippen LogP contribution in [-0.4, -0.2) is 35.3 Å². The molecule has 0 fully saturated rings. The van der Waals surface area contributed by atoms with Crippen molar-refractivity contribution < 1.29 is 27.4 Å². The Balaban J connectivity index is 1.51. The summed E-state index contributed by atoms with van der Waals surface area (Å²) in [5.74, 6) is 0.365. The lowest BCUT2D eigenvalue weighted by Crippen LogP contribution is -2.33. The topological polar surface area (TPSA) is 51.7 Å². The lowest BCUT2D eigenvalue weighted by atomic mass is 10.0. The molecule has 31 heavy (non-hydrogen) atoms. The molecule has 1 aliphatic rings. The second-order valence-corrected chi connectivity index (χ2v) is 7.06. The molecule has 0 spiro atoms. The number of hydrogen-bond acceptors (Lipinski definition) is 4. The van der Waals surface area contributed by atoms with Gasteiger partial charge in [0.25, 0.3) is 0 Å². The van der Waals surface area contributed by atoms with Gasteiger partial charge in [-0.1, -0.05) is 24.3 Å². The Morgan fingerprint density at radius 1 is 1.06 bits per heavy atom. The molecular weight excluding hydrogens is 409 g/mol. The van der Waals surface area contributed by atoms with Gasteiger partial charge in [0, 0.05) is 24.0 Å². The summed E-state index contributed by atoms with van der Waals surface area (Å²) in [4.78, 5) is 18.7. The average Bonchev–Trinajstić information content (AvgIpc) is 2.96. The van der Waals surface area contributed by atoms with E-state index in [9.17, 15) is 18.0 Å². The van der Waals surface area contributed by atoms with E-state index < -0.39 is 6.36 Å². The molecule has 2 aromatic carbocycles. The third-order valence-corrected chi connectivity index (χ3v) is 4.87. The first-order valence-corrected chi connectivity index (χ1v) is 9.67. The van der Waals surface area contributed by atoms with Crippen LogP contribution in [0, 0.1) is 0 Å².